The molecular formula is C70H112O6. The highest BCUT2D eigenvalue weighted by Crippen LogP contribution is 2.16. The van der Waals surface area contributed by atoms with Gasteiger partial charge in [-0.25, -0.2) is 0 Å². The molecule has 0 aliphatic carbocycles. The summed E-state index contributed by atoms with van der Waals surface area (Å²) in [5.74, 6) is -1.05. The minimum atomic E-state index is -0.830. The van der Waals surface area contributed by atoms with Crippen LogP contribution >= 0.6 is 0 Å². The molecule has 76 heavy (non-hydrogen) atoms. The fourth-order valence-electron chi connectivity index (χ4n) is 8.06. The first-order chi connectivity index (χ1) is 37.5. The standard InChI is InChI=1S/C70H112O6/c1-4-7-10-13-16-19-22-25-27-29-31-32-33-34-35-36-37-38-39-41-42-45-48-51-54-57-60-63-69(72)75-66-67(65-74-68(71)62-59-56-53-50-47-44-24-21-18-15-12-9-6-3)76-70(73)64-61-58-55-52-49-46-43-40-30-28-26-23-20-17-14-11-8-5-2/h7,9-10,12,16,18-19,21,25,27,31-32,34-35,37-38,41-42,44,47-48,51,53,56,67H,4-6,8,11,13-15,17,20,22-24,26,28-30,33,36,39-40,43,45-46,49-50,52,54-55,57-66H2,1-3H3/b10-7-,12-9-,19-16-,21-18-,27-25-,32-31-,35-34-,38-37-,42-41-,47-44-,51-48-,56-53-. The van der Waals surface area contributed by atoms with E-state index in [0.717, 1.165) is 109 Å². The van der Waals surface area contributed by atoms with E-state index in [1.54, 1.807) is 0 Å². The van der Waals surface area contributed by atoms with E-state index in [2.05, 4.69) is 154 Å². The third-order valence-electron chi connectivity index (χ3n) is 12.6. The Balaban J connectivity index is 4.48. The Hall–Kier alpha value is -4.71. The summed E-state index contributed by atoms with van der Waals surface area (Å²) < 4.78 is 16.8. The predicted octanol–water partition coefficient (Wildman–Crippen LogP) is 21.2. The van der Waals surface area contributed by atoms with Crippen LogP contribution < -0.4 is 0 Å². The normalized spacial score (nSPS) is 13.1. The summed E-state index contributed by atoms with van der Waals surface area (Å²) in [6, 6.07) is 0. The molecule has 0 aromatic carbocycles. The maximum absolute atomic E-state index is 12.9. The summed E-state index contributed by atoms with van der Waals surface area (Å²) in [7, 11) is 0. The van der Waals surface area contributed by atoms with Gasteiger partial charge in [-0.05, 0) is 109 Å². The summed E-state index contributed by atoms with van der Waals surface area (Å²) in [5, 5.41) is 0. The van der Waals surface area contributed by atoms with Gasteiger partial charge in [0.1, 0.15) is 13.2 Å². The Labute approximate surface area is 467 Å². The van der Waals surface area contributed by atoms with Crippen molar-refractivity contribution in [1.82, 2.24) is 0 Å². The monoisotopic (exact) mass is 1050 g/mol. The topological polar surface area (TPSA) is 78.9 Å². The largest absolute Gasteiger partial charge is 0.462 e. The van der Waals surface area contributed by atoms with E-state index >= 15 is 0 Å². The molecule has 0 radical (unpaired) electrons. The third-order valence-corrected chi connectivity index (χ3v) is 12.6. The molecule has 0 aliphatic heterocycles. The van der Waals surface area contributed by atoms with Crippen LogP contribution in [0.3, 0.4) is 0 Å². The molecule has 428 valence electrons. The average molecular weight is 1050 g/mol. The third kappa shape index (κ3) is 60.2. The number of hydrogen-bond donors (Lipinski definition) is 0. The fourth-order valence-corrected chi connectivity index (χ4v) is 8.06. The van der Waals surface area contributed by atoms with Crippen molar-refractivity contribution in [2.24, 2.45) is 0 Å². The first-order valence-corrected chi connectivity index (χ1v) is 30.8. The van der Waals surface area contributed by atoms with Gasteiger partial charge in [0.15, 0.2) is 6.10 Å². The van der Waals surface area contributed by atoms with Gasteiger partial charge in [-0.2, -0.15) is 0 Å². The highest BCUT2D eigenvalue weighted by Gasteiger charge is 2.19. The Morgan fingerprint density at radius 2 is 0.539 bits per heavy atom. The molecule has 0 aromatic heterocycles. The van der Waals surface area contributed by atoms with Crippen LogP contribution in [0.4, 0.5) is 0 Å². The van der Waals surface area contributed by atoms with Crippen molar-refractivity contribution < 1.29 is 28.6 Å². The molecular weight excluding hydrogens is 937 g/mol. The van der Waals surface area contributed by atoms with Gasteiger partial charge in [0.2, 0.25) is 0 Å². The van der Waals surface area contributed by atoms with Gasteiger partial charge < -0.3 is 14.2 Å². The Bertz CT molecular complexity index is 1680. The van der Waals surface area contributed by atoms with Gasteiger partial charge >= 0.3 is 17.9 Å². The lowest BCUT2D eigenvalue weighted by Gasteiger charge is -2.18. The van der Waals surface area contributed by atoms with Crippen molar-refractivity contribution >= 4 is 17.9 Å². The SMILES string of the molecule is CC/C=C\C/C=C\C/C=C\C/C=C\C/C=C\C/C=C\C/C=C\C/C=C\CCCCC(=O)OCC(COC(=O)CC/C=C\C/C=C\C/C=C\C/C=C\CC)OC(=O)CCCCCCCCCCCCCCCCCCCC. The number of esters is 3. The molecule has 0 saturated heterocycles. The van der Waals surface area contributed by atoms with Crippen LogP contribution in [0.1, 0.15) is 258 Å². The number of carbonyl (C=O) groups is 3. The maximum Gasteiger partial charge on any atom is 0.306 e. The van der Waals surface area contributed by atoms with Gasteiger partial charge in [0.05, 0.1) is 0 Å². The minimum absolute atomic E-state index is 0.126. The second-order valence-electron chi connectivity index (χ2n) is 19.9. The first-order valence-electron chi connectivity index (χ1n) is 30.8. The Morgan fingerprint density at radius 1 is 0.276 bits per heavy atom. The molecule has 6 nitrogen and oxygen atoms in total. The molecule has 0 bridgehead atoms. The lowest BCUT2D eigenvalue weighted by molar-refractivity contribution is -0.166. The zero-order valence-corrected chi connectivity index (χ0v) is 49.0. The van der Waals surface area contributed by atoms with Crippen molar-refractivity contribution in [2.45, 2.75) is 264 Å². The molecule has 0 amide bonds. The molecule has 0 saturated carbocycles. The smallest absolute Gasteiger partial charge is 0.306 e. The number of rotatable bonds is 54. The highest BCUT2D eigenvalue weighted by molar-refractivity contribution is 5.71. The highest BCUT2D eigenvalue weighted by atomic mass is 16.6. The van der Waals surface area contributed by atoms with Crippen molar-refractivity contribution in [3.05, 3.63) is 146 Å². The Kier molecular flexibility index (Phi) is 58.9. The molecule has 1 unspecified atom stereocenters. The van der Waals surface area contributed by atoms with E-state index in [9.17, 15) is 14.4 Å². The summed E-state index contributed by atoms with van der Waals surface area (Å²) in [4.78, 5) is 38.2. The summed E-state index contributed by atoms with van der Waals surface area (Å²) in [6.07, 6.45) is 90.1. The van der Waals surface area contributed by atoms with Gasteiger partial charge in [0.25, 0.3) is 0 Å². The second kappa shape index (κ2) is 62.8. The molecule has 0 heterocycles. The number of carbonyl (C=O) groups excluding carboxylic acids is 3. The Morgan fingerprint density at radius 3 is 0.882 bits per heavy atom. The molecule has 1 atom stereocenters. The number of unbranched alkanes of at least 4 members (excludes halogenated alkanes) is 19. The first kappa shape index (κ1) is 71.3. The summed E-state index contributed by atoms with van der Waals surface area (Å²) >= 11 is 0. The summed E-state index contributed by atoms with van der Waals surface area (Å²) in [6.45, 7) is 6.31. The van der Waals surface area contributed by atoms with Crippen molar-refractivity contribution in [3.8, 4) is 0 Å². The van der Waals surface area contributed by atoms with E-state index in [1.807, 2.05) is 12.2 Å². The van der Waals surface area contributed by atoms with Crippen molar-refractivity contribution in [1.29, 1.82) is 0 Å². The summed E-state index contributed by atoms with van der Waals surface area (Å²) in [5.41, 5.74) is 0. The maximum atomic E-state index is 12.9. The van der Waals surface area contributed by atoms with Crippen LogP contribution in [-0.2, 0) is 28.6 Å². The van der Waals surface area contributed by atoms with Crippen molar-refractivity contribution in [3.63, 3.8) is 0 Å². The number of hydrogen-bond acceptors (Lipinski definition) is 6. The van der Waals surface area contributed by atoms with Crippen LogP contribution in [-0.4, -0.2) is 37.2 Å². The van der Waals surface area contributed by atoms with Gasteiger partial charge in [-0.15, -0.1) is 0 Å². The minimum Gasteiger partial charge on any atom is -0.462 e. The molecule has 6 heteroatoms. The average Bonchev–Trinajstić information content (AvgIpc) is 3.42. The van der Waals surface area contributed by atoms with Gasteiger partial charge in [-0.1, -0.05) is 276 Å². The lowest BCUT2D eigenvalue weighted by atomic mass is 10.0. The van der Waals surface area contributed by atoms with Gasteiger partial charge in [0, 0.05) is 19.3 Å². The predicted molar refractivity (Wildman–Crippen MR) is 329 cm³/mol. The van der Waals surface area contributed by atoms with Crippen molar-refractivity contribution in [2.75, 3.05) is 13.2 Å². The van der Waals surface area contributed by atoms with E-state index in [4.69, 9.17) is 14.2 Å². The number of allylic oxidation sites excluding steroid dienone is 24. The van der Waals surface area contributed by atoms with Crippen LogP contribution in [0, 0.1) is 0 Å². The zero-order valence-electron chi connectivity index (χ0n) is 49.0. The quantitative estimate of drug-likeness (QED) is 0.0261. The molecule has 0 aliphatic rings. The van der Waals surface area contributed by atoms with Gasteiger partial charge in [-0.3, -0.25) is 14.4 Å². The molecule has 0 fully saturated rings. The lowest BCUT2D eigenvalue weighted by Crippen LogP contribution is -2.30. The zero-order chi connectivity index (χ0) is 55.0. The fraction of sp³-hybridized carbons (Fsp3) is 0.614. The van der Waals surface area contributed by atoms with Crippen LogP contribution in [0.5, 0.6) is 0 Å². The van der Waals surface area contributed by atoms with Crippen LogP contribution in [0.15, 0.2) is 146 Å². The molecule has 0 rings (SSSR count). The second-order valence-corrected chi connectivity index (χ2v) is 19.9. The molecule has 0 spiro atoms. The van der Waals surface area contributed by atoms with Crippen LogP contribution in [0.25, 0.3) is 0 Å². The van der Waals surface area contributed by atoms with E-state index < -0.39 is 6.10 Å². The van der Waals surface area contributed by atoms with E-state index in [-0.39, 0.29) is 44.0 Å². The number of ether oxygens (including phenoxy) is 3. The molecule has 0 N–H and O–H groups in total. The van der Waals surface area contributed by atoms with E-state index in [1.165, 1.54) is 96.3 Å². The van der Waals surface area contributed by atoms with E-state index in [0.29, 0.717) is 19.3 Å². The van der Waals surface area contributed by atoms with Crippen LogP contribution in [0.2, 0.25) is 0 Å². The molecule has 0 aromatic rings.